The van der Waals surface area contributed by atoms with Crippen LogP contribution in [0.15, 0.2) is 5.38 Å². The Morgan fingerprint density at radius 3 is 2.60 bits per heavy atom. The fourth-order valence-corrected chi connectivity index (χ4v) is 4.33. The molecular formula is C19H31N3O2S. The number of amides is 2. The minimum Gasteiger partial charge on any atom is -0.353 e. The van der Waals surface area contributed by atoms with E-state index in [4.69, 9.17) is 0 Å². The molecule has 1 aromatic heterocycles. The van der Waals surface area contributed by atoms with Gasteiger partial charge in [-0.1, -0.05) is 41.5 Å². The van der Waals surface area contributed by atoms with E-state index in [1.165, 1.54) is 17.8 Å². The molecule has 1 aromatic rings. The molecule has 6 heteroatoms. The maximum Gasteiger partial charge on any atom is 0.231 e. The molecule has 1 heterocycles. The van der Waals surface area contributed by atoms with Crippen molar-refractivity contribution >= 4 is 28.3 Å². The van der Waals surface area contributed by atoms with E-state index in [2.05, 4.69) is 36.4 Å². The molecule has 2 N–H and O–H groups in total. The Kier molecular flexibility index (Phi) is 5.92. The van der Waals surface area contributed by atoms with Crippen molar-refractivity contribution in [3.05, 3.63) is 11.1 Å². The monoisotopic (exact) mass is 365 g/mol. The van der Waals surface area contributed by atoms with Crippen LogP contribution in [0.4, 0.5) is 5.13 Å². The largest absolute Gasteiger partial charge is 0.353 e. The van der Waals surface area contributed by atoms with Crippen molar-refractivity contribution < 1.29 is 9.59 Å². The van der Waals surface area contributed by atoms with E-state index in [0.29, 0.717) is 16.7 Å². The van der Waals surface area contributed by atoms with Crippen molar-refractivity contribution in [3.63, 3.8) is 0 Å². The number of thiazole rings is 1. The zero-order valence-corrected chi connectivity index (χ0v) is 17.0. The van der Waals surface area contributed by atoms with Crippen LogP contribution in [-0.2, 0) is 16.0 Å². The third-order valence-corrected chi connectivity index (χ3v) is 5.35. The molecule has 1 fully saturated rings. The summed E-state index contributed by atoms with van der Waals surface area (Å²) in [6, 6.07) is 0.241. The topological polar surface area (TPSA) is 71.1 Å². The van der Waals surface area contributed by atoms with Gasteiger partial charge in [-0.2, -0.15) is 0 Å². The summed E-state index contributed by atoms with van der Waals surface area (Å²) >= 11 is 1.36. The summed E-state index contributed by atoms with van der Waals surface area (Å²) < 4.78 is 0. The summed E-state index contributed by atoms with van der Waals surface area (Å²) in [7, 11) is 0. The van der Waals surface area contributed by atoms with Crippen LogP contribution in [0.2, 0.25) is 0 Å². The lowest BCUT2D eigenvalue weighted by atomic mass is 9.70. The Labute approximate surface area is 155 Å². The Balaban J connectivity index is 1.88. The van der Waals surface area contributed by atoms with Crippen LogP contribution in [-0.4, -0.2) is 22.8 Å². The van der Waals surface area contributed by atoms with E-state index in [9.17, 15) is 9.59 Å². The minimum atomic E-state index is -0.465. The maximum atomic E-state index is 12.4. The van der Waals surface area contributed by atoms with Gasteiger partial charge in [-0.25, -0.2) is 4.98 Å². The van der Waals surface area contributed by atoms with Gasteiger partial charge in [0.2, 0.25) is 11.8 Å². The van der Waals surface area contributed by atoms with Crippen molar-refractivity contribution in [2.75, 3.05) is 5.32 Å². The highest BCUT2D eigenvalue weighted by atomic mass is 32.1. The van der Waals surface area contributed by atoms with E-state index in [0.717, 1.165) is 12.8 Å². The van der Waals surface area contributed by atoms with Crippen molar-refractivity contribution in [1.82, 2.24) is 10.3 Å². The van der Waals surface area contributed by atoms with Gasteiger partial charge in [0.1, 0.15) is 0 Å². The van der Waals surface area contributed by atoms with Crippen molar-refractivity contribution in [3.8, 4) is 0 Å². The molecule has 5 nitrogen and oxygen atoms in total. The summed E-state index contributed by atoms with van der Waals surface area (Å²) in [4.78, 5) is 28.7. The number of hydrogen-bond acceptors (Lipinski definition) is 4. The Morgan fingerprint density at radius 1 is 1.32 bits per heavy atom. The quantitative estimate of drug-likeness (QED) is 0.847. The highest BCUT2D eigenvalue weighted by molar-refractivity contribution is 7.13. The zero-order chi connectivity index (χ0) is 18.8. The second kappa shape index (κ2) is 7.44. The Morgan fingerprint density at radius 2 is 2.00 bits per heavy atom. The second-order valence-corrected chi connectivity index (χ2v) is 10.1. The maximum absolute atomic E-state index is 12.4. The highest BCUT2D eigenvalue weighted by Crippen LogP contribution is 2.38. The van der Waals surface area contributed by atoms with Gasteiger partial charge >= 0.3 is 0 Å². The van der Waals surface area contributed by atoms with Gasteiger partial charge < -0.3 is 10.6 Å². The third-order valence-electron chi connectivity index (χ3n) is 4.55. The Bertz CT molecular complexity index is 631. The first kappa shape index (κ1) is 19.9. The predicted octanol–water partition coefficient (Wildman–Crippen LogP) is 4.00. The van der Waals surface area contributed by atoms with Crippen molar-refractivity contribution in [2.24, 2.45) is 16.7 Å². The number of nitrogens with one attached hydrogen (secondary N) is 2. The molecular weight excluding hydrogens is 334 g/mol. The second-order valence-electron chi connectivity index (χ2n) is 9.20. The van der Waals surface area contributed by atoms with Gasteiger partial charge in [0.15, 0.2) is 5.13 Å². The molecule has 0 aliphatic heterocycles. The molecule has 2 atom stereocenters. The lowest BCUT2D eigenvalue weighted by Gasteiger charge is -2.39. The molecule has 2 rings (SSSR count). The van der Waals surface area contributed by atoms with Crippen LogP contribution in [0.25, 0.3) is 0 Å². The molecule has 0 saturated heterocycles. The number of carbonyl (C=O) groups is 2. The summed E-state index contributed by atoms with van der Waals surface area (Å²) in [6.07, 6.45) is 3.53. The zero-order valence-electron chi connectivity index (χ0n) is 16.2. The van der Waals surface area contributed by atoms with E-state index < -0.39 is 5.41 Å². The lowest BCUT2D eigenvalue weighted by Crippen LogP contribution is -2.43. The van der Waals surface area contributed by atoms with Gasteiger partial charge in [-0.15, -0.1) is 11.3 Å². The van der Waals surface area contributed by atoms with Crippen molar-refractivity contribution in [2.45, 2.75) is 73.3 Å². The van der Waals surface area contributed by atoms with Gasteiger partial charge in [0, 0.05) is 16.8 Å². The Hall–Kier alpha value is -1.43. The number of aromatic nitrogens is 1. The van der Waals surface area contributed by atoms with Crippen LogP contribution in [0.5, 0.6) is 0 Å². The fraction of sp³-hybridized carbons (Fsp3) is 0.737. The van der Waals surface area contributed by atoms with Crippen LogP contribution in [0.1, 0.15) is 66.5 Å². The van der Waals surface area contributed by atoms with Gasteiger partial charge in [-0.05, 0) is 30.6 Å². The molecule has 1 saturated carbocycles. The minimum absolute atomic E-state index is 0.00824. The van der Waals surface area contributed by atoms with Crippen LogP contribution >= 0.6 is 11.3 Å². The van der Waals surface area contributed by atoms with Gasteiger partial charge in [0.05, 0.1) is 12.1 Å². The molecule has 140 valence electrons. The van der Waals surface area contributed by atoms with E-state index in [1.807, 2.05) is 26.2 Å². The van der Waals surface area contributed by atoms with E-state index >= 15 is 0 Å². The SMILES string of the molecule is CC1CC(NC(=O)Cc2csc(NC(=O)C(C)(C)C)n2)CC(C)(C)C1. The summed E-state index contributed by atoms with van der Waals surface area (Å²) in [5, 5.41) is 8.37. The molecule has 1 aliphatic carbocycles. The predicted molar refractivity (Wildman–Crippen MR) is 103 cm³/mol. The van der Waals surface area contributed by atoms with E-state index in [1.54, 1.807) is 0 Å². The number of hydrogen-bond donors (Lipinski definition) is 2. The van der Waals surface area contributed by atoms with Crippen molar-refractivity contribution in [1.29, 1.82) is 0 Å². The number of rotatable bonds is 4. The highest BCUT2D eigenvalue weighted by Gasteiger charge is 2.32. The molecule has 0 bridgehead atoms. The van der Waals surface area contributed by atoms with Crippen LogP contribution in [0, 0.1) is 16.7 Å². The standard InChI is InChI=1S/C19H31N3O2S/c1-12-7-13(10-19(5,6)9-12)20-15(23)8-14-11-25-17(21-14)22-16(24)18(2,3)4/h11-13H,7-10H2,1-6H3,(H,20,23)(H,21,22,24). The first-order valence-electron chi connectivity index (χ1n) is 9.00. The molecule has 1 aliphatic rings. The third kappa shape index (κ3) is 6.10. The molecule has 0 radical (unpaired) electrons. The number of nitrogens with zero attached hydrogens (tertiary/aromatic N) is 1. The summed E-state index contributed by atoms with van der Waals surface area (Å²) in [5.74, 6) is 0.567. The molecule has 0 aromatic carbocycles. The molecule has 25 heavy (non-hydrogen) atoms. The first-order valence-corrected chi connectivity index (χ1v) is 9.88. The molecule has 2 unspecified atom stereocenters. The lowest BCUT2D eigenvalue weighted by molar-refractivity contribution is -0.123. The first-order chi connectivity index (χ1) is 11.4. The molecule has 0 spiro atoms. The average Bonchev–Trinajstić information content (AvgIpc) is 2.81. The van der Waals surface area contributed by atoms with Crippen LogP contribution in [0.3, 0.4) is 0 Å². The summed E-state index contributed by atoms with van der Waals surface area (Å²) in [6.45, 7) is 12.4. The molecule has 2 amide bonds. The van der Waals surface area contributed by atoms with Crippen LogP contribution < -0.4 is 10.6 Å². The summed E-state index contributed by atoms with van der Waals surface area (Å²) in [5.41, 5.74) is 0.517. The number of anilines is 1. The van der Waals surface area contributed by atoms with Gasteiger partial charge in [-0.3, -0.25) is 9.59 Å². The number of carbonyl (C=O) groups excluding carboxylic acids is 2. The average molecular weight is 366 g/mol. The van der Waals surface area contributed by atoms with E-state index in [-0.39, 0.29) is 29.7 Å². The smallest absolute Gasteiger partial charge is 0.231 e. The van der Waals surface area contributed by atoms with Gasteiger partial charge in [0.25, 0.3) is 0 Å². The fourth-order valence-electron chi connectivity index (χ4n) is 3.63. The normalized spacial score (nSPS) is 23.1.